The van der Waals surface area contributed by atoms with E-state index >= 15 is 0 Å². The van der Waals surface area contributed by atoms with Gasteiger partial charge in [0.2, 0.25) is 5.78 Å². The molecule has 1 aromatic rings. The lowest BCUT2D eigenvalue weighted by molar-refractivity contribution is -0.153. The summed E-state index contributed by atoms with van der Waals surface area (Å²) in [6.45, 7) is 1.57. The van der Waals surface area contributed by atoms with Gasteiger partial charge in [-0.15, -0.1) is 0 Å². The van der Waals surface area contributed by atoms with E-state index in [1.165, 1.54) is 24.2 Å². The number of phenols is 1. The number of benzene rings is 1. The molecule has 0 bridgehead atoms. The Morgan fingerprint density at radius 1 is 1.14 bits per heavy atom. The largest absolute Gasteiger partial charge is 0.508 e. The first-order valence-electron chi connectivity index (χ1n) is 14.7. The van der Waals surface area contributed by atoms with Crippen LogP contribution in [0.2, 0.25) is 0 Å². The Morgan fingerprint density at radius 2 is 1.83 bits per heavy atom. The molecule has 0 radical (unpaired) electrons. The van der Waals surface area contributed by atoms with Crippen LogP contribution in [0.1, 0.15) is 55.2 Å². The molecule has 11 heteroatoms. The van der Waals surface area contributed by atoms with Crippen LogP contribution in [0, 0.1) is 17.8 Å². The predicted molar refractivity (Wildman–Crippen MR) is 152 cm³/mol. The van der Waals surface area contributed by atoms with Gasteiger partial charge in [-0.1, -0.05) is 6.42 Å². The molecule has 1 aromatic carbocycles. The van der Waals surface area contributed by atoms with Crippen molar-refractivity contribution in [3.63, 3.8) is 0 Å². The number of amides is 1. The lowest BCUT2D eigenvalue weighted by atomic mass is 9.57. The number of methoxy groups -OCH3 is 1. The average molecular weight is 582 g/mol. The summed E-state index contributed by atoms with van der Waals surface area (Å²) in [6, 6.07) is 0.935. The molecule has 11 nitrogen and oxygen atoms in total. The molecule has 42 heavy (non-hydrogen) atoms. The highest BCUT2D eigenvalue weighted by atomic mass is 16.5. The van der Waals surface area contributed by atoms with Crippen LogP contribution in [0.4, 0.5) is 0 Å². The molecule has 5 aliphatic carbocycles. The number of aromatic hydroxyl groups is 1. The smallest absolute Gasteiger partial charge is 0.255 e. The van der Waals surface area contributed by atoms with E-state index in [0.717, 1.165) is 24.9 Å². The Balaban J connectivity index is 1.45. The number of nitrogens with zero attached hydrogens (tertiary/aromatic N) is 2. The number of fused-ring (bicyclic) bond motifs is 3. The number of aliphatic hydroxyl groups is 3. The standard InChI is InChI=1S/C31H39N3O8/c1-33(2)24-19-10-15-9-18-22(25(36)21(15)28(38)31(19,41)29(39)23(26(24)37)30(32)40)20(35)11-16(27(18)42-3)13-34(12-14-7-8-14)17-5-4-6-17/h11,14-15,17,19,24,35-36,39,41H,4-10,12-13H2,1-3H3,(H2,32,40)/t15-,19-,24-,31-/m0/s1. The molecule has 0 saturated heterocycles. The first-order chi connectivity index (χ1) is 19.9. The fraction of sp³-hybridized carbons (Fsp3) is 0.581. The molecule has 4 atom stereocenters. The van der Waals surface area contributed by atoms with Crippen LogP contribution in [-0.4, -0.2) is 93.1 Å². The molecule has 226 valence electrons. The number of carbonyl (C=O) groups excluding carboxylic acids is 3. The van der Waals surface area contributed by atoms with Gasteiger partial charge in [0.15, 0.2) is 11.4 Å². The number of nitrogens with two attached hydrogens (primary N) is 1. The lowest BCUT2D eigenvalue weighted by Gasteiger charge is -2.50. The van der Waals surface area contributed by atoms with Gasteiger partial charge in [-0.2, -0.15) is 0 Å². The van der Waals surface area contributed by atoms with Crippen molar-refractivity contribution in [2.24, 2.45) is 23.5 Å². The van der Waals surface area contributed by atoms with Crippen molar-refractivity contribution in [2.45, 2.75) is 69.2 Å². The SMILES string of the molecule is COc1c(CN(CC2CC2)C2CCC2)cc(O)c2c1C[C@H]1C[C@H]3[C@H](N(C)C)C(=O)C(C(N)=O)=C(O)[C@@]3(O)C(=O)C1=C2O. The highest BCUT2D eigenvalue weighted by Crippen LogP contribution is 2.54. The summed E-state index contributed by atoms with van der Waals surface area (Å²) in [5, 5.41) is 45.5. The summed E-state index contributed by atoms with van der Waals surface area (Å²) < 4.78 is 5.90. The molecule has 3 saturated carbocycles. The second-order valence-electron chi connectivity index (χ2n) is 12.9. The Kier molecular flexibility index (Phi) is 6.90. The Labute approximate surface area is 244 Å². The minimum atomic E-state index is -2.66. The van der Waals surface area contributed by atoms with Crippen LogP contribution in [0.3, 0.4) is 0 Å². The van der Waals surface area contributed by atoms with Crippen molar-refractivity contribution in [1.82, 2.24) is 9.80 Å². The molecule has 5 aliphatic rings. The maximum atomic E-state index is 14.0. The van der Waals surface area contributed by atoms with Gasteiger partial charge in [0.25, 0.3) is 5.91 Å². The maximum absolute atomic E-state index is 14.0. The number of rotatable bonds is 8. The van der Waals surface area contributed by atoms with Gasteiger partial charge in [0.1, 0.15) is 28.6 Å². The third kappa shape index (κ3) is 4.16. The molecule has 0 heterocycles. The monoisotopic (exact) mass is 581 g/mol. The van der Waals surface area contributed by atoms with Crippen molar-refractivity contribution < 1.29 is 39.5 Å². The van der Waals surface area contributed by atoms with Crippen LogP contribution in [0.25, 0.3) is 5.76 Å². The molecule has 0 spiro atoms. The minimum absolute atomic E-state index is 0.0375. The molecule has 1 amide bonds. The van der Waals surface area contributed by atoms with Crippen molar-refractivity contribution in [1.29, 1.82) is 0 Å². The Hall–Kier alpha value is -3.41. The minimum Gasteiger partial charge on any atom is -0.508 e. The fourth-order valence-electron chi connectivity index (χ4n) is 7.67. The molecule has 6 N–H and O–H groups in total. The first kappa shape index (κ1) is 28.7. The summed E-state index contributed by atoms with van der Waals surface area (Å²) in [4.78, 5) is 43.4. The number of ether oxygens (including phenoxy) is 1. The number of carbonyl (C=O) groups is 3. The van der Waals surface area contributed by atoms with Crippen molar-refractivity contribution in [3.05, 3.63) is 39.7 Å². The molecule has 0 aromatic heterocycles. The van der Waals surface area contributed by atoms with Crippen LogP contribution in [0.5, 0.6) is 11.5 Å². The number of Topliss-reactive ketones (excluding diaryl/α,β-unsaturated/α-hetero) is 2. The van der Waals surface area contributed by atoms with Gasteiger partial charge in [-0.05, 0) is 70.5 Å². The van der Waals surface area contributed by atoms with Gasteiger partial charge >= 0.3 is 0 Å². The summed E-state index contributed by atoms with van der Waals surface area (Å²) >= 11 is 0. The highest BCUT2D eigenvalue weighted by molar-refractivity contribution is 6.24. The maximum Gasteiger partial charge on any atom is 0.255 e. The second-order valence-corrected chi connectivity index (χ2v) is 12.9. The predicted octanol–water partition coefficient (Wildman–Crippen LogP) is 1.74. The number of hydrogen-bond acceptors (Lipinski definition) is 10. The second kappa shape index (κ2) is 10.1. The molecule has 3 fully saturated rings. The van der Waals surface area contributed by atoms with Crippen molar-refractivity contribution in [2.75, 3.05) is 27.7 Å². The van der Waals surface area contributed by atoms with Crippen LogP contribution in [0.15, 0.2) is 23.0 Å². The quantitative estimate of drug-likeness (QED) is 0.285. The number of ketones is 2. The Morgan fingerprint density at radius 3 is 2.38 bits per heavy atom. The van der Waals surface area contributed by atoms with Gasteiger partial charge in [0.05, 0.1) is 18.7 Å². The zero-order valence-electron chi connectivity index (χ0n) is 24.2. The van der Waals surface area contributed by atoms with E-state index in [0.29, 0.717) is 29.8 Å². The number of phenolic OH excluding ortho intramolecular Hbond substituents is 1. The van der Waals surface area contributed by atoms with Crippen molar-refractivity contribution >= 4 is 23.2 Å². The first-order valence-corrected chi connectivity index (χ1v) is 14.7. The van der Waals surface area contributed by atoms with Gasteiger partial charge in [0, 0.05) is 41.7 Å². The van der Waals surface area contributed by atoms with Gasteiger partial charge in [-0.25, -0.2) is 0 Å². The summed E-state index contributed by atoms with van der Waals surface area (Å²) in [7, 11) is 4.70. The lowest BCUT2D eigenvalue weighted by Crippen LogP contribution is -2.65. The summed E-state index contributed by atoms with van der Waals surface area (Å²) in [5.41, 5.74) is 3.13. The molecule has 6 rings (SSSR count). The average Bonchev–Trinajstić information content (AvgIpc) is 3.69. The number of aliphatic hydroxyl groups excluding tert-OH is 2. The zero-order valence-corrected chi connectivity index (χ0v) is 24.2. The van der Waals surface area contributed by atoms with Crippen LogP contribution < -0.4 is 10.5 Å². The third-order valence-electron chi connectivity index (χ3n) is 10.1. The van der Waals surface area contributed by atoms with E-state index in [-0.39, 0.29) is 29.7 Å². The molecular formula is C31H39N3O8. The van der Waals surface area contributed by atoms with E-state index in [1.54, 1.807) is 27.3 Å². The summed E-state index contributed by atoms with van der Waals surface area (Å²) in [5.74, 6) is -5.42. The van der Waals surface area contributed by atoms with E-state index in [2.05, 4.69) is 4.90 Å². The number of hydrogen-bond donors (Lipinski definition) is 5. The van der Waals surface area contributed by atoms with Gasteiger partial charge < -0.3 is 30.9 Å². The van der Waals surface area contributed by atoms with E-state index in [1.807, 2.05) is 0 Å². The van der Waals surface area contributed by atoms with Crippen LogP contribution >= 0.6 is 0 Å². The molecule has 0 aliphatic heterocycles. The molecular weight excluding hydrogens is 542 g/mol. The van der Waals surface area contributed by atoms with E-state index in [9.17, 15) is 34.8 Å². The topological polar surface area (TPSA) is 174 Å². The van der Waals surface area contributed by atoms with Gasteiger partial charge in [-0.3, -0.25) is 24.2 Å². The normalized spacial score (nSPS) is 29.4. The van der Waals surface area contributed by atoms with E-state index < -0.39 is 58.0 Å². The number of likely N-dealkylation sites (N-methyl/N-ethyl adjacent to an activating group) is 1. The zero-order chi connectivity index (χ0) is 30.2. The highest BCUT2D eigenvalue weighted by Gasteiger charge is 2.64. The summed E-state index contributed by atoms with van der Waals surface area (Å²) in [6.07, 6.45) is 6.16. The Bertz CT molecular complexity index is 1440. The van der Waals surface area contributed by atoms with Crippen molar-refractivity contribution in [3.8, 4) is 11.5 Å². The van der Waals surface area contributed by atoms with Crippen LogP contribution in [-0.2, 0) is 27.3 Å². The number of primary amides is 1. The molecule has 0 unspecified atom stereocenters. The third-order valence-corrected chi connectivity index (χ3v) is 10.1. The fourth-order valence-corrected chi connectivity index (χ4v) is 7.67. The van der Waals surface area contributed by atoms with E-state index in [4.69, 9.17) is 10.5 Å².